The smallest absolute Gasteiger partial charge is 0.238 e. The number of aryl methyl sites for hydroxylation is 1. The molecule has 3 atom stereocenters. The molecule has 2 bridgehead atoms. The van der Waals surface area contributed by atoms with E-state index in [1.807, 2.05) is 13.8 Å². The Morgan fingerprint density at radius 1 is 1.26 bits per heavy atom. The van der Waals surface area contributed by atoms with E-state index in [2.05, 4.69) is 5.32 Å². The van der Waals surface area contributed by atoms with Gasteiger partial charge in [0.2, 0.25) is 15.9 Å². The third-order valence-electron chi connectivity index (χ3n) is 5.58. The third-order valence-corrected chi connectivity index (χ3v) is 6.47. The molecular weight excluding hydrogens is 312 g/mol. The maximum Gasteiger partial charge on any atom is 0.238 e. The van der Waals surface area contributed by atoms with Crippen LogP contribution >= 0.6 is 0 Å². The minimum absolute atomic E-state index is 0.0309. The number of carbonyl (C=O) groups is 1. The van der Waals surface area contributed by atoms with Crippen molar-refractivity contribution < 1.29 is 13.2 Å². The fourth-order valence-corrected chi connectivity index (χ4v) is 4.81. The molecule has 5 nitrogen and oxygen atoms in total. The molecule has 0 unspecified atom stereocenters. The minimum Gasteiger partial charge on any atom is -0.326 e. The lowest BCUT2D eigenvalue weighted by Crippen LogP contribution is -2.21. The second-order valence-electron chi connectivity index (χ2n) is 7.14. The van der Waals surface area contributed by atoms with Crippen LogP contribution in [0.2, 0.25) is 0 Å². The number of nitrogens with two attached hydrogens (primary N) is 1. The first-order valence-corrected chi connectivity index (χ1v) is 9.72. The highest BCUT2D eigenvalue weighted by atomic mass is 32.2. The summed E-state index contributed by atoms with van der Waals surface area (Å²) in [5, 5.41) is 8.10. The molecule has 3 rings (SSSR count). The average Bonchev–Trinajstić information content (AvgIpc) is 3.04. The van der Waals surface area contributed by atoms with Crippen LogP contribution in [0.3, 0.4) is 0 Å². The Morgan fingerprint density at radius 2 is 2.00 bits per heavy atom. The molecule has 0 saturated heterocycles. The highest BCUT2D eigenvalue weighted by Crippen LogP contribution is 2.49. The summed E-state index contributed by atoms with van der Waals surface area (Å²) in [5.41, 5.74) is 2.22. The molecular formula is C17H24N2O3S. The summed E-state index contributed by atoms with van der Waals surface area (Å²) in [6.07, 6.45) is 5.53. The molecule has 2 saturated carbocycles. The van der Waals surface area contributed by atoms with Crippen molar-refractivity contribution in [3.8, 4) is 0 Å². The molecule has 2 aliphatic rings. The Kier molecular flexibility index (Phi) is 4.23. The van der Waals surface area contributed by atoms with Crippen molar-refractivity contribution in [2.75, 3.05) is 5.32 Å². The van der Waals surface area contributed by atoms with Gasteiger partial charge in [-0.2, -0.15) is 0 Å². The van der Waals surface area contributed by atoms with Crippen molar-refractivity contribution in [2.24, 2.45) is 22.9 Å². The summed E-state index contributed by atoms with van der Waals surface area (Å²) in [4.78, 5) is 12.4. The van der Waals surface area contributed by atoms with Crippen LogP contribution in [0.25, 0.3) is 0 Å². The van der Waals surface area contributed by atoms with E-state index in [1.54, 1.807) is 0 Å². The lowest BCUT2D eigenvalue weighted by Gasteiger charge is -2.21. The number of sulfonamides is 1. The van der Waals surface area contributed by atoms with Crippen molar-refractivity contribution in [2.45, 2.75) is 50.8 Å². The Bertz CT molecular complexity index is 742. The number of benzene rings is 1. The third kappa shape index (κ3) is 3.43. The zero-order valence-corrected chi connectivity index (χ0v) is 14.4. The van der Waals surface area contributed by atoms with Crippen LogP contribution in [0.15, 0.2) is 17.0 Å². The number of amides is 1. The van der Waals surface area contributed by atoms with E-state index in [-0.39, 0.29) is 10.8 Å². The Labute approximate surface area is 137 Å². The second kappa shape index (κ2) is 5.91. The van der Waals surface area contributed by atoms with Gasteiger partial charge in [-0.1, -0.05) is 6.42 Å². The fraction of sp³-hybridized carbons (Fsp3) is 0.588. The van der Waals surface area contributed by atoms with Gasteiger partial charge in [-0.3, -0.25) is 4.79 Å². The van der Waals surface area contributed by atoms with Crippen molar-refractivity contribution in [3.05, 3.63) is 23.3 Å². The van der Waals surface area contributed by atoms with Crippen molar-refractivity contribution in [1.29, 1.82) is 0 Å². The van der Waals surface area contributed by atoms with Crippen molar-refractivity contribution >= 4 is 21.6 Å². The van der Waals surface area contributed by atoms with Crippen LogP contribution in [0, 0.1) is 31.6 Å². The molecule has 1 aromatic rings. The first-order valence-electron chi connectivity index (χ1n) is 8.18. The van der Waals surface area contributed by atoms with E-state index in [9.17, 15) is 13.2 Å². The van der Waals surface area contributed by atoms with Crippen LogP contribution in [0.1, 0.15) is 43.2 Å². The fourth-order valence-electron chi connectivity index (χ4n) is 4.19. The van der Waals surface area contributed by atoms with Gasteiger partial charge in [0.15, 0.2) is 0 Å². The number of anilines is 1. The molecule has 2 fully saturated rings. The molecule has 0 aromatic heterocycles. The first kappa shape index (κ1) is 16.5. The van der Waals surface area contributed by atoms with E-state index >= 15 is 0 Å². The highest BCUT2D eigenvalue weighted by molar-refractivity contribution is 7.89. The quantitative estimate of drug-likeness (QED) is 0.886. The van der Waals surface area contributed by atoms with Gasteiger partial charge < -0.3 is 5.32 Å². The largest absolute Gasteiger partial charge is 0.326 e. The summed E-state index contributed by atoms with van der Waals surface area (Å²) in [5.74, 6) is 1.96. The SMILES string of the molecule is Cc1cc(S(N)(=O)=O)cc(NC(=O)C[C@@H]2C[C@H]3CC[C@@H]2C3)c1C. The summed E-state index contributed by atoms with van der Waals surface area (Å²) in [7, 11) is -3.78. The molecule has 126 valence electrons. The van der Waals surface area contributed by atoms with Gasteiger partial charge >= 0.3 is 0 Å². The minimum atomic E-state index is -3.78. The topological polar surface area (TPSA) is 89.3 Å². The standard InChI is InChI=1S/C17H24N2O3S/c1-10-5-15(23(18,21)22)9-16(11(10)2)19-17(20)8-14-7-12-3-4-13(14)6-12/h5,9,12-14H,3-4,6-8H2,1-2H3,(H,19,20)(H2,18,21,22)/t12-,13+,14-/m0/s1. The number of primary sulfonamides is 1. The molecule has 1 aromatic carbocycles. The predicted octanol–water partition coefficient (Wildman–Crippen LogP) is 2.72. The van der Waals surface area contributed by atoms with Gasteiger partial charge in [0, 0.05) is 12.1 Å². The van der Waals surface area contributed by atoms with Gasteiger partial charge in [-0.25, -0.2) is 13.6 Å². The van der Waals surface area contributed by atoms with E-state index in [0.717, 1.165) is 23.5 Å². The maximum atomic E-state index is 12.4. The molecule has 0 spiro atoms. The summed E-state index contributed by atoms with van der Waals surface area (Å²) in [6, 6.07) is 2.99. The van der Waals surface area contributed by atoms with Crippen molar-refractivity contribution in [3.63, 3.8) is 0 Å². The second-order valence-corrected chi connectivity index (χ2v) is 8.71. The number of fused-ring (bicyclic) bond motifs is 2. The van der Waals surface area contributed by atoms with Crippen LogP contribution in [-0.2, 0) is 14.8 Å². The number of nitrogens with one attached hydrogen (secondary N) is 1. The van der Waals surface area contributed by atoms with Crippen molar-refractivity contribution in [1.82, 2.24) is 0 Å². The Hall–Kier alpha value is -1.40. The lowest BCUT2D eigenvalue weighted by molar-refractivity contribution is -0.117. The molecule has 3 N–H and O–H groups in total. The number of hydrogen-bond acceptors (Lipinski definition) is 3. The van der Waals surface area contributed by atoms with Gasteiger partial charge in [0.05, 0.1) is 4.90 Å². The zero-order chi connectivity index (χ0) is 16.8. The van der Waals surface area contributed by atoms with Crippen LogP contribution in [0.4, 0.5) is 5.69 Å². The monoisotopic (exact) mass is 336 g/mol. The summed E-state index contributed by atoms with van der Waals surface area (Å²) in [6.45, 7) is 3.69. The molecule has 2 aliphatic carbocycles. The lowest BCUT2D eigenvalue weighted by atomic mass is 9.86. The summed E-state index contributed by atoms with van der Waals surface area (Å²) >= 11 is 0. The number of carbonyl (C=O) groups excluding carboxylic acids is 1. The molecule has 0 radical (unpaired) electrons. The predicted molar refractivity (Wildman–Crippen MR) is 89.5 cm³/mol. The Balaban J connectivity index is 1.74. The number of hydrogen-bond donors (Lipinski definition) is 2. The van der Waals surface area contributed by atoms with Gasteiger partial charge in [-0.15, -0.1) is 0 Å². The van der Waals surface area contributed by atoms with E-state index in [1.165, 1.54) is 31.4 Å². The van der Waals surface area contributed by atoms with Gasteiger partial charge in [0.1, 0.15) is 0 Å². The van der Waals surface area contributed by atoms with Gasteiger partial charge in [-0.05, 0) is 74.1 Å². The van der Waals surface area contributed by atoms with Gasteiger partial charge in [0.25, 0.3) is 0 Å². The zero-order valence-electron chi connectivity index (χ0n) is 13.6. The first-order chi connectivity index (χ1) is 10.7. The molecule has 0 aliphatic heterocycles. The molecule has 0 heterocycles. The maximum absolute atomic E-state index is 12.4. The van der Waals surface area contributed by atoms with E-state index in [4.69, 9.17) is 5.14 Å². The van der Waals surface area contributed by atoms with E-state index in [0.29, 0.717) is 23.9 Å². The highest BCUT2D eigenvalue weighted by Gasteiger charge is 2.40. The van der Waals surface area contributed by atoms with Crippen LogP contribution in [0.5, 0.6) is 0 Å². The normalized spacial score (nSPS) is 26.5. The van der Waals surface area contributed by atoms with Crippen LogP contribution in [-0.4, -0.2) is 14.3 Å². The average molecular weight is 336 g/mol. The Morgan fingerprint density at radius 3 is 2.57 bits per heavy atom. The van der Waals surface area contributed by atoms with Crippen LogP contribution < -0.4 is 10.5 Å². The molecule has 23 heavy (non-hydrogen) atoms. The molecule has 6 heteroatoms. The number of rotatable bonds is 4. The molecule has 1 amide bonds. The van der Waals surface area contributed by atoms with E-state index < -0.39 is 10.0 Å². The summed E-state index contributed by atoms with van der Waals surface area (Å²) < 4.78 is 23.1.